The maximum absolute atomic E-state index is 12.9. The van der Waals surface area contributed by atoms with Gasteiger partial charge < -0.3 is 15.8 Å². The average Bonchev–Trinajstić information content (AvgIpc) is 2.72. The normalized spacial score (nSPS) is 18.2. The number of nitrogens with one attached hydrogen (secondary N) is 1. The van der Waals surface area contributed by atoms with Gasteiger partial charge in [0.2, 0.25) is 5.91 Å². The molecule has 0 spiro atoms. The molecule has 9 heteroatoms. The number of halogens is 1. The Morgan fingerprint density at radius 2 is 2.00 bits per heavy atom. The number of ether oxygens (including phenoxy) is 1. The number of nitrogens with zero attached hydrogens (tertiary/aromatic N) is 1. The molecule has 0 aliphatic carbocycles. The Balaban J connectivity index is 2.20. The van der Waals surface area contributed by atoms with Crippen molar-refractivity contribution in [3.63, 3.8) is 0 Å². The lowest BCUT2D eigenvalue weighted by Gasteiger charge is -2.31. The summed E-state index contributed by atoms with van der Waals surface area (Å²) in [7, 11) is 0. The van der Waals surface area contributed by atoms with Crippen LogP contribution in [0.15, 0.2) is 9.85 Å². The first-order valence-electron chi connectivity index (χ1n) is 8.48. The van der Waals surface area contributed by atoms with Gasteiger partial charge in [-0.1, -0.05) is 12.8 Å². The van der Waals surface area contributed by atoms with Gasteiger partial charge in [0.1, 0.15) is 16.5 Å². The Morgan fingerprint density at radius 3 is 2.62 bits per heavy atom. The van der Waals surface area contributed by atoms with Crippen LogP contribution in [-0.2, 0) is 9.53 Å². The molecule has 1 aliphatic rings. The van der Waals surface area contributed by atoms with Crippen molar-refractivity contribution in [2.24, 2.45) is 5.73 Å². The number of nitrogens with two attached hydrogens (primary N) is 1. The molecule has 1 aliphatic heterocycles. The third kappa shape index (κ3) is 5.44. The molecule has 1 aromatic heterocycles. The van der Waals surface area contributed by atoms with Gasteiger partial charge in [-0.2, -0.15) is 0 Å². The molecule has 0 radical (unpaired) electrons. The number of hydrogen-bond acceptors (Lipinski definition) is 5. The zero-order chi connectivity index (χ0) is 19.5. The van der Waals surface area contributed by atoms with E-state index in [1.807, 2.05) is 0 Å². The van der Waals surface area contributed by atoms with Crippen LogP contribution < -0.4 is 11.1 Å². The van der Waals surface area contributed by atoms with Gasteiger partial charge in [0.25, 0.3) is 5.91 Å². The molecule has 1 aromatic rings. The number of primary amides is 1. The molecular formula is C17H24BrN3O4S. The van der Waals surface area contributed by atoms with E-state index in [-0.39, 0.29) is 10.8 Å². The van der Waals surface area contributed by atoms with E-state index in [9.17, 15) is 14.4 Å². The Hall–Kier alpha value is -1.61. The zero-order valence-electron chi connectivity index (χ0n) is 15.1. The highest BCUT2D eigenvalue weighted by Gasteiger charge is 2.34. The minimum absolute atomic E-state index is 0.266. The number of thiophene rings is 1. The van der Waals surface area contributed by atoms with Gasteiger partial charge in [-0.15, -0.1) is 11.3 Å². The summed E-state index contributed by atoms with van der Waals surface area (Å²) in [6.07, 6.45) is 2.65. The van der Waals surface area contributed by atoms with E-state index in [0.29, 0.717) is 22.4 Å². The number of carbonyl (C=O) groups excluding carboxylic acids is 3. The molecule has 0 saturated carbocycles. The number of likely N-dealkylation sites (tertiary alicyclic amines) is 1. The molecule has 1 fully saturated rings. The average molecular weight is 446 g/mol. The third-order valence-corrected chi connectivity index (χ3v) is 5.52. The van der Waals surface area contributed by atoms with Crippen LogP contribution in [0.4, 0.5) is 10.5 Å². The van der Waals surface area contributed by atoms with E-state index < -0.39 is 23.6 Å². The summed E-state index contributed by atoms with van der Waals surface area (Å²) in [4.78, 5) is 38.7. The summed E-state index contributed by atoms with van der Waals surface area (Å²) < 4.78 is 6.14. The first kappa shape index (κ1) is 20.7. The number of hydrogen-bond donors (Lipinski definition) is 2. The van der Waals surface area contributed by atoms with Crippen molar-refractivity contribution in [1.82, 2.24) is 4.90 Å². The van der Waals surface area contributed by atoms with Gasteiger partial charge in [0.15, 0.2) is 0 Å². The fourth-order valence-electron chi connectivity index (χ4n) is 2.77. The summed E-state index contributed by atoms with van der Waals surface area (Å²) >= 11 is 4.45. The smallest absolute Gasteiger partial charge is 0.410 e. The lowest BCUT2D eigenvalue weighted by molar-refractivity contribution is -0.121. The van der Waals surface area contributed by atoms with Crippen molar-refractivity contribution in [3.8, 4) is 0 Å². The Kier molecular flexibility index (Phi) is 6.68. The van der Waals surface area contributed by atoms with Crippen LogP contribution in [0.25, 0.3) is 0 Å². The lowest BCUT2D eigenvalue weighted by atomic mass is 10.1. The Bertz CT molecular complexity index is 699. The van der Waals surface area contributed by atoms with E-state index in [0.717, 1.165) is 30.6 Å². The molecular weight excluding hydrogens is 422 g/mol. The molecule has 26 heavy (non-hydrogen) atoms. The van der Waals surface area contributed by atoms with Crippen molar-refractivity contribution in [3.05, 3.63) is 14.7 Å². The van der Waals surface area contributed by atoms with Crippen LogP contribution >= 0.6 is 27.3 Å². The van der Waals surface area contributed by atoms with Crippen molar-refractivity contribution < 1.29 is 19.1 Å². The van der Waals surface area contributed by atoms with E-state index >= 15 is 0 Å². The van der Waals surface area contributed by atoms with Crippen molar-refractivity contribution in [2.45, 2.75) is 58.1 Å². The van der Waals surface area contributed by atoms with Gasteiger partial charge >= 0.3 is 6.09 Å². The summed E-state index contributed by atoms with van der Waals surface area (Å²) in [6.45, 7) is 5.84. The van der Waals surface area contributed by atoms with Crippen LogP contribution in [-0.4, -0.2) is 41.0 Å². The van der Waals surface area contributed by atoms with E-state index in [4.69, 9.17) is 10.5 Å². The maximum Gasteiger partial charge on any atom is 0.410 e. The molecule has 2 heterocycles. The summed E-state index contributed by atoms with van der Waals surface area (Å²) in [5.74, 6) is -0.952. The first-order chi connectivity index (χ1) is 12.1. The number of carbonyl (C=O) groups is 3. The fourth-order valence-corrected chi connectivity index (χ4v) is 4.18. The minimum Gasteiger partial charge on any atom is -0.444 e. The molecule has 1 saturated heterocycles. The van der Waals surface area contributed by atoms with Gasteiger partial charge in [-0.05, 0) is 55.6 Å². The molecule has 1 unspecified atom stereocenters. The van der Waals surface area contributed by atoms with Gasteiger partial charge in [-0.25, -0.2) is 4.79 Å². The summed E-state index contributed by atoms with van der Waals surface area (Å²) in [5.41, 5.74) is 5.08. The van der Waals surface area contributed by atoms with E-state index in [1.54, 1.807) is 26.8 Å². The van der Waals surface area contributed by atoms with Gasteiger partial charge in [-0.3, -0.25) is 14.5 Å². The fraction of sp³-hybridized carbons (Fsp3) is 0.588. The second-order valence-electron chi connectivity index (χ2n) is 7.19. The SMILES string of the molecule is CC(C)(C)OC(=O)N1CCCCCC1C(=O)Nc1cc(Br)sc1C(N)=O. The summed E-state index contributed by atoms with van der Waals surface area (Å²) in [5, 5.41) is 2.75. The molecule has 3 amide bonds. The molecule has 0 aromatic carbocycles. The standard InChI is InChI=1S/C17H24BrN3O4S/c1-17(2,3)25-16(24)21-8-6-4-5-7-11(21)15(23)20-10-9-12(18)26-13(10)14(19)22/h9,11H,4-8H2,1-3H3,(H2,19,22)(H,20,23). The first-order valence-corrected chi connectivity index (χ1v) is 10.1. The molecule has 2 rings (SSSR count). The van der Waals surface area contributed by atoms with Crippen molar-refractivity contribution in [2.75, 3.05) is 11.9 Å². The van der Waals surface area contributed by atoms with Crippen LogP contribution in [0.2, 0.25) is 0 Å². The molecule has 7 nitrogen and oxygen atoms in total. The highest BCUT2D eigenvalue weighted by molar-refractivity contribution is 9.11. The number of rotatable bonds is 3. The van der Waals surface area contributed by atoms with Gasteiger partial charge in [0.05, 0.1) is 9.47 Å². The minimum atomic E-state index is -0.647. The second kappa shape index (κ2) is 8.39. The molecule has 1 atom stereocenters. The van der Waals surface area contributed by atoms with Crippen molar-refractivity contribution in [1.29, 1.82) is 0 Å². The van der Waals surface area contributed by atoms with E-state index in [1.165, 1.54) is 4.90 Å². The third-order valence-electron chi connectivity index (χ3n) is 3.87. The summed E-state index contributed by atoms with van der Waals surface area (Å²) in [6, 6.07) is 0.990. The highest BCUT2D eigenvalue weighted by Crippen LogP contribution is 2.31. The largest absolute Gasteiger partial charge is 0.444 e. The topological polar surface area (TPSA) is 102 Å². The van der Waals surface area contributed by atoms with Crippen LogP contribution in [0.1, 0.15) is 56.1 Å². The Morgan fingerprint density at radius 1 is 1.31 bits per heavy atom. The Labute approximate surface area is 165 Å². The molecule has 144 valence electrons. The van der Waals surface area contributed by atoms with Gasteiger partial charge in [0, 0.05) is 6.54 Å². The second-order valence-corrected chi connectivity index (χ2v) is 9.62. The van der Waals surface area contributed by atoms with Crippen molar-refractivity contribution >= 4 is 50.9 Å². The number of amides is 3. The number of anilines is 1. The van der Waals surface area contributed by atoms with E-state index in [2.05, 4.69) is 21.2 Å². The highest BCUT2D eigenvalue weighted by atomic mass is 79.9. The predicted octanol–water partition coefficient (Wildman–Crippen LogP) is 3.73. The quantitative estimate of drug-likeness (QED) is 0.739. The predicted molar refractivity (Wildman–Crippen MR) is 104 cm³/mol. The maximum atomic E-state index is 12.9. The zero-order valence-corrected chi connectivity index (χ0v) is 17.5. The van der Waals surface area contributed by atoms with Crippen LogP contribution in [0, 0.1) is 0 Å². The molecule has 3 N–H and O–H groups in total. The molecule has 0 bridgehead atoms. The van der Waals surface area contributed by atoms with Crippen LogP contribution in [0.5, 0.6) is 0 Å². The van der Waals surface area contributed by atoms with Crippen LogP contribution in [0.3, 0.4) is 0 Å². The lowest BCUT2D eigenvalue weighted by Crippen LogP contribution is -2.48. The monoisotopic (exact) mass is 445 g/mol.